The maximum absolute atomic E-state index is 11.5. The van der Waals surface area contributed by atoms with Gasteiger partial charge < -0.3 is 4.98 Å². The minimum Gasteiger partial charge on any atom is -0.329 e. The van der Waals surface area contributed by atoms with Crippen molar-refractivity contribution in [3.05, 3.63) is 34.2 Å². The van der Waals surface area contributed by atoms with Gasteiger partial charge in [-0.25, -0.2) is 0 Å². The number of aromatic nitrogens is 1. The van der Waals surface area contributed by atoms with E-state index in [1.54, 1.807) is 6.20 Å². The molecule has 72 valence electrons. The van der Waals surface area contributed by atoms with Gasteiger partial charge in [0.25, 0.3) is 5.56 Å². The Morgan fingerprint density at radius 3 is 2.62 bits per heavy atom. The van der Waals surface area contributed by atoms with E-state index in [2.05, 4.69) is 25.8 Å². The Bertz CT molecular complexity index is 314. The van der Waals surface area contributed by atoms with Crippen LogP contribution in [0.5, 0.6) is 0 Å². The van der Waals surface area contributed by atoms with E-state index in [-0.39, 0.29) is 5.56 Å². The van der Waals surface area contributed by atoms with Crippen molar-refractivity contribution in [1.82, 2.24) is 4.98 Å². The molecule has 1 N–H and O–H groups in total. The van der Waals surface area contributed by atoms with E-state index >= 15 is 0 Å². The predicted octanol–water partition coefficient (Wildman–Crippen LogP) is 2.52. The van der Waals surface area contributed by atoms with E-state index in [0.717, 1.165) is 12.0 Å². The third-order valence-electron chi connectivity index (χ3n) is 2.49. The molecule has 0 aliphatic heterocycles. The van der Waals surface area contributed by atoms with Gasteiger partial charge in [-0.2, -0.15) is 0 Å². The van der Waals surface area contributed by atoms with Crippen LogP contribution >= 0.6 is 0 Å². The van der Waals surface area contributed by atoms with Crippen LogP contribution in [-0.4, -0.2) is 4.98 Å². The van der Waals surface area contributed by atoms with E-state index in [9.17, 15) is 4.79 Å². The minimum atomic E-state index is 0.0584. The molecule has 0 aliphatic carbocycles. The fraction of sp³-hybridized carbons (Fsp3) is 0.545. The summed E-state index contributed by atoms with van der Waals surface area (Å²) in [4.78, 5) is 14.2. The maximum Gasteiger partial charge on any atom is 0.251 e. The lowest BCUT2D eigenvalue weighted by Crippen LogP contribution is -2.18. The highest BCUT2D eigenvalue weighted by Gasteiger charge is 2.15. The molecular weight excluding hydrogens is 162 g/mol. The molecule has 1 rings (SSSR count). The first-order valence-electron chi connectivity index (χ1n) is 4.84. The molecule has 0 radical (unpaired) electrons. The molecule has 13 heavy (non-hydrogen) atoms. The molecule has 0 aliphatic rings. The average molecular weight is 179 g/mol. The minimum absolute atomic E-state index is 0.0584. The normalized spacial score (nSPS) is 13.2. The smallest absolute Gasteiger partial charge is 0.251 e. The van der Waals surface area contributed by atoms with E-state index in [4.69, 9.17) is 0 Å². The number of hydrogen-bond donors (Lipinski definition) is 1. The maximum atomic E-state index is 11.5. The lowest BCUT2D eigenvalue weighted by atomic mass is 9.87. The second-order valence-electron chi connectivity index (χ2n) is 3.71. The Balaban J connectivity index is 3.05. The van der Waals surface area contributed by atoms with Gasteiger partial charge in [0.2, 0.25) is 0 Å². The molecule has 1 aromatic heterocycles. The third kappa shape index (κ3) is 2.20. The monoisotopic (exact) mass is 179 g/mol. The summed E-state index contributed by atoms with van der Waals surface area (Å²) in [5.41, 5.74) is 0.975. The van der Waals surface area contributed by atoms with Crippen LogP contribution in [0.2, 0.25) is 0 Å². The molecule has 0 amide bonds. The van der Waals surface area contributed by atoms with Crippen LogP contribution in [0.3, 0.4) is 0 Å². The predicted molar refractivity (Wildman–Crippen MR) is 54.9 cm³/mol. The first-order chi connectivity index (χ1) is 6.16. The molecule has 0 spiro atoms. The van der Waals surface area contributed by atoms with Crippen LogP contribution in [0.1, 0.15) is 38.7 Å². The molecule has 0 aromatic carbocycles. The molecule has 1 aromatic rings. The molecule has 0 saturated carbocycles. The Labute approximate surface area is 79.0 Å². The zero-order chi connectivity index (χ0) is 9.84. The van der Waals surface area contributed by atoms with Crippen molar-refractivity contribution in [1.29, 1.82) is 0 Å². The zero-order valence-electron chi connectivity index (χ0n) is 8.50. The number of H-pyrrole nitrogens is 1. The van der Waals surface area contributed by atoms with Gasteiger partial charge in [0.15, 0.2) is 0 Å². The van der Waals surface area contributed by atoms with Gasteiger partial charge in [-0.3, -0.25) is 4.79 Å². The van der Waals surface area contributed by atoms with Gasteiger partial charge in [0, 0.05) is 11.8 Å². The largest absolute Gasteiger partial charge is 0.329 e. The zero-order valence-corrected chi connectivity index (χ0v) is 8.50. The second-order valence-corrected chi connectivity index (χ2v) is 3.71. The van der Waals surface area contributed by atoms with Crippen molar-refractivity contribution in [2.24, 2.45) is 5.92 Å². The van der Waals surface area contributed by atoms with Gasteiger partial charge in [0.05, 0.1) is 0 Å². The highest BCUT2D eigenvalue weighted by atomic mass is 16.1. The highest BCUT2D eigenvalue weighted by Crippen LogP contribution is 2.24. The molecular formula is C11H17NO. The SMILES string of the molecule is CCC(c1ccc[nH]c1=O)C(C)C. The summed E-state index contributed by atoms with van der Waals surface area (Å²) in [5, 5.41) is 0. The van der Waals surface area contributed by atoms with Crippen molar-refractivity contribution in [3.63, 3.8) is 0 Å². The van der Waals surface area contributed by atoms with Crippen LogP contribution in [0.15, 0.2) is 23.1 Å². The highest BCUT2D eigenvalue weighted by molar-refractivity contribution is 5.15. The van der Waals surface area contributed by atoms with E-state index in [1.807, 2.05) is 12.1 Å². The van der Waals surface area contributed by atoms with Crippen molar-refractivity contribution in [2.75, 3.05) is 0 Å². The van der Waals surface area contributed by atoms with Crippen molar-refractivity contribution >= 4 is 0 Å². The molecule has 1 heterocycles. The number of hydrogen-bond acceptors (Lipinski definition) is 1. The van der Waals surface area contributed by atoms with Gasteiger partial charge in [-0.15, -0.1) is 0 Å². The van der Waals surface area contributed by atoms with Crippen molar-refractivity contribution in [3.8, 4) is 0 Å². The summed E-state index contributed by atoms with van der Waals surface area (Å²) >= 11 is 0. The molecule has 0 bridgehead atoms. The topological polar surface area (TPSA) is 32.9 Å². The average Bonchev–Trinajstić information content (AvgIpc) is 2.09. The van der Waals surface area contributed by atoms with Gasteiger partial charge in [-0.1, -0.05) is 26.8 Å². The van der Waals surface area contributed by atoms with Gasteiger partial charge in [-0.05, 0) is 24.3 Å². The van der Waals surface area contributed by atoms with Crippen molar-refractivity contribution in [2.45, 2.75) is 33.1 Å². The number of aromatic amines is 1. The summed E-state index contributed by atoms with van der Waals surface area (Å²) in [7, 11) is 0. The molecule has 1 unspecified atom stereocenters. The van der Waals surface area contributed by atoms with Crippen LogP contribution in [0.4, 0.5) is 0 Å². The quantitative estimate of drug-likeness (QED) is 0.759. The molecule has 1 atom stereocenters. The first-order valence-corrected chi connectivity index (χ1v) is 4.84. The standard InChI is InChI=1S/C11H17NO/c1-4-9(8(2)3)10-6-5-7-12-11(10)13/h5-9H,4H2,1-3H3,(H,12,13). The second kappa shape index (κ2) is 4.26. The van der Waals surface area contributed by atoms with Crippen LogP contribution in [0.25, 0.3) is 0 Å². The van der Waals surface area contributed by atoms with Crippen molar-refractivity contribution < 1.29 is 0 Å². The van der Waals surface area contributed by atoms with Crippen LogP contribution < -0.4 is 5.56 Å². The number of rotatable bonds is 3. The lowest BCUT2D eigenvalue weighted by Gasteiger charge is -2.17. The Kier molecular flexibility index (Phi) is 3.29. The summed E-state index contributed by atoms with van der Waals surface area (Å²) in [6.45, 7) is 6.43. The van der Waals surface area contributed by atoms with Gasteiger partial charge >= 0.3 is 0 Å². The summed E-state index contributed by atoms with van der Waals surface area (Å²) in [6.07, 6.45) is 2.70. The van der Waals surface area contributed by atoms with E-state index in [0.29, 0.717) is 11.8 Å². The van der Waals surface area contributed by atoms with E-state index in [1.165, 1.54) is 0 Å². The molecule has 0 saturated heterocycles. The number of pyridine rings is 1. The lowest BCUT2D eigenvalue weighted by molar-refractivity contribution is 0.481. The Morgan fingerprint density at radius 1 is 1.46 bits per heavy atom. The summed E-state index contributed by atoms with van der Waals surface area (Å²) < 4.78 is 0. The summed E-state index contributed by atoms with van der Waals surface area (Å²) in [6, 6.07) is 3.81. The fourth-order valence-electron chi connectivity index (χ4n) is 1.78. The Hall–Kier alpha value is -1.05. The third-order valence-corrected chi connectivity index (χ3v) is 2.49. The molecule has 2 nitrogen and oxygen atoms in total. The van der Waals surface area contributed by atoms with Crippen LogP contribution in [-0.2, 0) is 0 Å². The first kappa shape index (κ1) is 10.0. The molecule has 0 fully saturated rings. The number of nitrogens with one attached hydrogen (secondary N) is 1. The van der Waals surface area contributed by atoms with Crippen LogP contribution in [0, 0.1) is 5.92 Å². The van der Waals surface area contributed by atoms with Gasteiger partial charge in [0.1, 0.15) is 0 Å². The fourth-order valence-corrected chi connectivity index (χ4v) is 1.78. The Morgan fingerprint density at radius 2 is 2.15 bits per heavy atom. The molecule has 2 heteroatoms. The summed E-state index contributed by atoms with van der Waals surface area (Å²) in [5.74, 6) is 0.901. The van der Waals surface area contributed by atoms with E-state index < -0.39 is 0 Å².